The van der Waals surface area contributed by atoms with E-state index in [1.54, 1.807) is 50.8 Å². The quantitative estimate of drug-likeness (QED) is 0.349. The number of hydrogen-bond donors (Lipinski definition) is 3. The third kappa shape index (κ3) is 9.03. The van der Waals surface area contributed by atoms with E-state index in [2.05, 4.69) is 17.6 Å². The van der Waals surface area contributed by atoms with Crippen LogP contribution in [0.1, 0.15) is 97.2 Å². The molecule has 36 heavy (non-hydrogen) atoms. The Morgan fingerprint density at radius 1 is 1.17 bits per heavy atom. The SMILES string of the molecule is CCCCCNC(=O)C(c1ccc(O)c(C)c1)N(C(=O)C(CC(C)C)NC(=O)OC(C)(C)C)C1CC1. The lowest BCUT2D eigenvalue weighted by atomic mass is 9.97. The highest BCUT2D eigenvalue weighted by atomic mass is 16.6. The minimum Gasteiger partial charge on any atom is -0.508 e. The van der Waals surface area contributed by atoms with Crippen molar-refractivity contribution in [3.05, 3.63) is 29.3 Å². The van der Waals surface area contributed by atoms with E-state index >= 15 is 0 Å². The zero-order valence-corrected chi connectivity index (χ0v) is 23.0. The van der Waals surface area contributed by atoms with Crippen molar-refractivity contribution in [2.24, 2.45) is 5.92 Å². The van der Waals surface area contributed by atoms with Gasteiger partial charge < -0.3 is 25.4 Å². The maximum absolute atomic E-state index is 14.0. The van der Waals surface area contributed by atoms with Gasteiger partial charge in [-0.1, -0.05) is 39.7 Å². The van der Waals surface area contributed by atoms with Gasteiger partial charge in [0.05, 0.1) is 0 Å². The highest BCUT2D eigenvalue weighted by molar-refractivity contribution is 5.92. The van der Waals surface area contributed by atoms with Gasteiger partial charge in [0.15, 0.2) is 0 Å². The van der Waals surface area contributed by atoms with Crippen molar-refractivity contribution in [2.75, 3.05) is 6.54 Å². The number of aromatic hydroxyl groups is 1. The molecule has 8 heteroatoms. The molecule has 0 bridgehead atoms. The highest BCUT2D eigenvalue weighted by Crippen LogP contribution is 2.37. The zero-order chi connectivity index (χ0) is 27.0. The predicted octanol–water partition coefficient (Wildman–Crippen LogP) is 4.98. The number of carbonyl (C=O) groups is 3. The highest BCUT2D eigenvalue weighted by Gasteiger charge is 2.44. The van der Waals surface area contributed by atoms with Crippen LogP contribution < -0.4 is 10.6 Å². The minimum absolute atomic E-state index is 0.0897. The Morgan fingerprint density at radius 3 is 2.36 bits per heavy atom. The molecule has 1 fully saturated rings. The molecule has 1 aliphatic rings. The Hall–Kier alpha value is -2.77. The molecule has 2 atom stereocenters. The van der Waals surface area contributed by atoms with Crippen LogP contribution in [0, 0.1) is 12.8 Å². The van der Waals surface area contributed by atoms with Crippen molar-refractivity contribution >= 4 is 17.9 Å². The first kappa shape index (κ1) is 29.5. The van der Waals surface area contributed by atoms with Gasteiger partial charge >= 0.3 is 6.09 Å². The largest absolute Gasteiger partial charge is 0.508 e. The van der Waals surface area contributed by atoms with E-state index in [4.69, 9.17) is 4.74 Å². The second-order valence-electron chi connectivity index (χ2n) is 11.3. The number of phenolic OH excluding ortho intramolecular Hbond substituents is 1. The summed E-state index contributed by atoms with van der Waals surface area (Å²) < 4.78 is 5.43. The Balaban J connectivity index is 2.41. The summed E-state index contributed by atoms with van der Waals surface area (Å²) in [6.07, 6.45) is 4.25. The second-order valence-corrected chi connectivity index (χ2v) is 11.3. The zero-order valence-electron chi connectivity index (χ0n) is 23.0. The van der Waals surface area contributed by atoms with Crippen LogP contribution in [-0.4, -0.2) is 52.1 Å². The maximum atomic E-state index is 14.0. The Kier molecular flexibility index (Phi) is 10.6. The van der Waals surface area contributed by atoms with E-state index in [0.29, 0.717) is 24.1 Å². The van der Waals surface area contributed by atoms with Crippen molar-refractivity contribution < 1.29 is 24.2 Å². The molecule has 0 spiro atoms. The van der Waals surface area contributed by atoms with Crippen LogP contribution >= 0.6 is 0 Å². The van der Waals surface area contributed by atoms with Crippen LogP contribution in [0.25, 0.3) is 0 Å². The van der Waals surface area contributed by atoms with E-state index in [9.17, 15) is 19.5 Å². The molecule has 0 radical (unpaired) electrons. The molecule has 1 aromatic rings. The molecule has 1 aliphatic carbocycles. The lowest BCUT2D eigenvalue weighted by molar-refractivity contribution is -0.143. The fourth-order valence-corrected chi connectivity index (χ4v) is 4.16. The second kappa shape index (κ2) is 13.0. The van der Waals surface area contributed by atoms with E-state index in [1.807, 2.05) is 13.8 Å². The lowest BCUT2D eigenvalue weighted by Crippen LogP contribution is -2.54. The van der Waals surface area contributed by atoms with E-state index < -0.39 is 23.8 Å². The number of hydrogen-bond acceptors (Lipinski definition) is 5. The summed E-state index contributed by atoms with van der Waals surface area (Å²) in [4.78, 5) is 41.8. The van der Waals surface area contributed by atoms with Crippen LogP contribution in [-0.2, 0) is 14.3 Å². The number of ether oxygens (including phenoxy) is 1. The molecule has 0 saturated heterocycles. The molecule has 2 rings (SSSR count). The van der Waals surface area contributed by atoms with Crippen LogP contribution in [0.3, 0.4) is 0 Å². The van der Waals surface area contributed by atoms with Crippen molar-refractivity contribution in [2.45, 2.75) is 111 Å². The van der Waals surface area contributed by atoms with Gasteiger partial charge in [-0.2, -0.15) is 0 Å². The van der Waals surface area contributed by atoms with Gasteiger partial charge in [0.25, 0.3) is 0 Å². The smallest absolute Gasteiger partial charge is 0.408 e. The number of nitrogens with one attached hydrogen (secondary N) is 2. The number of rotatable bonds is 12. The lowest BCUT2D eigenvalue weighted by Gasteiger charge is -2.35. The summed E-state index contributed by atoms with van der Waals surface area (Å²) in [7, 11) is 0. The summed E-state index contributed by atoms with van der Waals surface area (Å²) in [6, 6.07) is 3.23. The molecule has 0 aromatic heterocycles. The first-order valence-corrected chi connectivity index (χ1v) is 13.2. The summed E-state index contributed by atoms with van der Waals surface area (Å²) in [5.41, 5.74) is 0.570. The molecule has 1 aromatic carbocycles. The maximum Gasteiger partial charge on any atom is 0.408 e. The number of benzene rings is 1. The fraction of sp³-hybridized carbons (Fsp3) is 0.679. The van der Waals surface area contributed by atoms with Crippen LogP contribution in [0.5, 0.6) is 5.75 Å². The normalized spacial score (nSPS) is 15.2. The molecular weight excluding hydrogens is 458 g/mol. The molecule has 3 N–H and O–H groups in total. The molecule has 2 unspecified atom stereocenters. The predicted molar refractivity (Wildman–Crippen MR) is 141 cm³/mol. The van der Waals surface area contributed by atoms with Gasteiger partial charge in [-0.25, -0.2) is 4.79 Å². The number of amides is 3. The van der Waals surface area contributed by atoms with Gasteiger partial charge in [-0.15, -0.1) is 0 Å². The van der Waals surface area contributed by atoms with Gasteiger partial charge in [-0.3, -0.25) is 9.59 Å². The van der Waals surface area contributed by atoms with E-state index in [1.165, 1.54) is 0 Å². The molecule has 1 saturated carbocycles. The Labute approximate surface area is 216 Å². The summed E-state index contributed by atoms with van der Waals surface area (Å²) >= 11 is 0. The van der Waals surface area contributed by atoms with Crippen molar-refractivity contribution in [1.82, 2.24) is 15.5 Å². The van der Waals surface area contributed by atoms with Gasteiger partial charge in [0.1, 0.15) is 23.4 Å². The van der Waals surface area contributed by atoms with Gasteiger partial charge in [-0.05, 0) is 82.6 Å². The molecule has 8 nitrogen and oxygen atoms in total. The Morgan fingerprint density at radius 2 is 1.83 bits per heavy atom. The third-order valence-corrected chi connectivity index (χ3v) is 6.03. The summed E-state index contributed by atoms with van der Waals surface area (Å²) in [5, 5.41) is 15.9. The topological polar surface area (TPSA) is 108 Å². The number of aryl methyl sites for hydroxylation is 1. The summed E-state index contributed by atoms with van der Waals surface area (Å²) in [5.74, 6) is -0.282. The van der Waals surface area contributed by atoms with E-state index in [-0.39, 0.29) is 29.5 Å². The van der Waals surface area contributed by atoms with Crippen LogP contribution in [0.15, 0.2) is 18.2 Å². The molecular formula is C28H45N3O5. The Bertz CT molecular complexity index is 905. The first-order valence-electron chi connectivity index (χ1n) is 13.2. The molecule has 202 valence electrons. The molecule has 3 amide bonds. The number of carbonyl (C=O) groups excluding carboxylic acids is 3. The van der Waals surface area contributed by atoms with Crippen molar-refractivity contribution in [1.29, 1.82) is 0 Å². The summed E-state index contributed by atoms with van der Waals surface area (Å²) in [6.45, 7) is 13.7. The number of phenols is 1. The standard InChI is InChI=1S/C28H45N3O5/c1-8-9-10-15-29-25(33)24(20-11-14-23(32)19(4)17-20)31(21-12-13-21)26(34)22(16-18(2)3)30-27(35)36-28(5,6)7/h11,14,17-18,21-22,24,32H,8-10,12-13,15-16H2,1-7H3,(H,29,33)(H,30,35). The third-order valence-electron chi connectivity index (χ3n) is 6.03. The number of unbranched alkanes of at least 4 members (excludes halogenated alkanes) is 2. The number of alkyl carbamates (subject to hydrolysis) is 1. The minimum atomic E-state index is -0.860. The average molecular weight is 504 g/mol. The van der Waals surface area contributed by atoms with Crippen molar-refractivity contribution in [3.63, 3.8) is 0 Å². The molecule has 0 heterocycles. The van der Waals surface area contributed by atoms with Gasteiger partial charge in [0, 0.05) is 12.6 Å². The molecule has 0 aliphatic heterocycles. The fourth-order valence-electron chi connectivity index (χ4n) is 4.16. The van der Waals surface area contributed by atoms with E-state index in [0.717, 1.165) is 32.1 Å². The van der Waals surface area contributed by atoms with Gasteiger partial charge in [0.2, 0.25) is 11.8 Å². The first-order chi connectivity index (χ1) is 16.8. The number of nitrogens with zero attached hydrogens (tertiary/aromatic N) is 1. The van der Waals surface area contributed by atoms with Crippen LogP contribution in [0.2, 0.25) is 0 Å². The average Bonchev–Trinajstić information content (AvgIpc) is 3.59. The van der Waals surface area contributed by atoms with Crippen molar-refractivity contribution in [3.8, 4) is 5.75 Å². The monoisotopic (exact) mass is 503 g/mol. The van der Waals surface area contributed by atoms with Crippen LogP contribution in [0.4, 0.5) is 4.79 Å².